The molecule has 0 aromatic heterocycles. The van der Waals surface area contributed by atoms with Gasteiger partial charge in [0.15, 0.2) is 6.61 Å². The summed E-state index contributed by atoms with van der Waals surface area (Å²) in [5, 5.41) is 2.68. The number of nitrogens with one attached hydrogen (secondary N) is 1. The molecule has 4 heteroatoms. The van der Waals surface area contributed by atoms with E-state index in [1.807, 2.05) is 32.0 Å². The molecular formula is C14H17NO3. The van der Waals surface area contributed by atoms with Crippen molar-refractivity contribution >= 4 is 17.6 Å². The zero-order valence-corrected chi connectivity index (χ0v) is 10.8. The number of benzene rings is 1. The molecule has 4 nitrogen and oxygen atoms in total. The molecule has 0 bridgehead atoms. The van der Waals surface area contributed by atoms with E-state index >= 15 is 0 Å². The second kappa shape index (κ2) is 6.59. The van der Waals surface area contributed by atoms with Crippen LogP contribution in [-0.2, 0) is 14.3 Å². The zero-order chi connectivity index (χ0) is 13.5. The summed E-state index contributed by atoms with van der Waals surface area (Å²) >= 11 is 0. The van der Waals surface area contributed by atoms with E-state index in [9.17, 15) is 9.59 Å². The lowest BCUT2D eigenvalue weighted by molar-refractivity contribution is -0.142. The van der Waals surface area contributed by atoms with E-state index < -0.39 is 5.97 Å². The van der Waals surface area contributed by atoms with Crippen LogP contribution in [0.2, 0.25) is 0 Å². The Bertz CT molecular complexity index is 458. The molecule has 0 heterocycles. The minimum atomic E-state index is -0.520. The first-order valence-corrected chi connectivity index (χ1v) is 5.69. The summed E-state index contributed by atoms with van der Waals surface area (Å²) in [6.45, 7) is 5.33. The molecule has 96 valence electrons. The lowest BCUT2D eigenvalue weighted by atomic mass is 10.1. The molecular weight excluding hydrogens is 230 g/mol. The number of amides is 1. The summed E-state index contributed by atoms with van der Waals surface area (Å²) in [7, 11) is 0. The van der Waals surface area contributed by atoms with Crippen LogP contribution in [0.15, 0.2) is 30.4 Å². The molecule has 1 amide bonds. The first-order chi connectivity index (χ1) is 8.51. The van der Waals surface area contributed by atoms with Crippen LogP contribution in [0.3, 0.4) is 0 Å². The number of hydrogen-bond acceptors (Lipinski definition) is 3. The molecule has 1 aromatic rings. The van der Waals surface area contributed by atoms with Crippen molar-refractivity contribution in [1.29, 1.82) is 0 Å². The second-order valence-corrected chi connectivity index (χ2v) is 4.03. The van der Waals surface area contributed by atoms with Crippen molar-refractivity contribution in [3.63, 3.8) is 0 Å². The number of hydrogen-bond donors (Lipinski definition) is 1. The third kappa shape index (κ3) is 4.82. The van der Waals surface area contributed by atoms with E-state index in [-0.39, 0.29) is 12.5 Å². The number of ether oxygens (including phenoxy) is 1. The molecule has 0 atom stereocenters. The SMILES string of the molecule is C/C=C/C(=O)OCC(=O)Nc1cc(C)cc(C)c1. The first kappa shape index (κ1) is 14.0. The Hall–Kier alpha value is -2.10. The molecule has 0 saturated heterocycles. The Morgan fingerprint density at radius 3 is 2.39 bits per heavy atom. The van der Waals surface area contributed by atoms with Crippen LogP contribution in [0.1, 0.15) is 18.1 Å². The lowest BCUT2D eigenvalue weighted by Crippen LogP contribution is -2.20. The summed E-state index contributed by atoms with van der Waals surface area (Å²) < 4.78 is 4.74. The number of aryl methyl sites for hydroxylation is 2. The highest BCUT2D eigenvalue weighted by molar-refractivity contribution is 5.93. The largest absolute Gasteiger partial charge is 0.452 e. The summed E-state index contributed by atoms with van der Waals surface area (Å²) in [6, 6.07) is 5.74. The molecule has 1 aromatic carbocycles. The van der Waals surface area contributed by atoms with Gasteiger partial charge < -0.3 is 10.1 Å². The van der Waals surface area contributed by atoms with Crippen LogP contribution in [-0.4, -0.2) is 18.5 Å². The average molecular weight is 247 g/mol. The van der Waals surface area contributed by atoms with Crippen molar-refractivity contribution in [3.8, 4) is 0 Å². The van der Waals surface area contributed by atoms with E-state index in [1.165, 1.54) is 6.08 Å². The van der Waals surface area contributed by atoms with Gasteiger partial charge in [0.1, 0.15) is 0 Å². The lowest BCUT2D eigenvalue weighted by Gasteiger charge is -2.07. The van der Waals surface area contributed by atoms with Crippen LogP contribution >= 0.6 is 0 Å². The smallest absolute Gasteiger partial charge is 0.330 e. The second-order valence-electron chi connectivity index (χ2n) is 4.03. The fourth-order valence-corrected chi connectivity index (χ4v) is 1.56. The fourth-order valence-electron chi connectivity index (χ4n) is 1.56. The Balaban J connectivity index is 2.52. The molecule has 0 saturated carbocycles. The molecule has 0 aliphatic heterocycles. The summed E-state index contributed by atoms with van der Waals surface area (Å²) in [4.78, 5) is 22.6. The number of allylic oxidation sites excluding steroid dienone is 1. The predicted molar refractivity (Wildman–Crippen MR) is 70.3 cm³/mol. The van der Waals surface area contributed by atoms with Gasteiger partial charge in [0.2, 0.25) is 0 Å². The third-order valence-corrected chi connectivity index (χ3v) is 2.15. The van der Waals surface area contributed by atoms with Gasteiger partial charge in [0.25, 0.3) is 5.91 Å². The molecule has 0 unspecified atom stereocenters. The third-order valence-electron chi connectivity index (χ3n) is 2.15. The fraction of sp³-hybridized carbons (Fsp3) is 0.286. The number of rotatable bonds is 4. The summed E-state index contributed by atoms with van der Waals surface area (Å²) in [5.41, 5.74) is 2.84. The van der Waals surface area contributed by atoms with E-state index in [0.29, 0.717) is 5.69 Å². The predicted octanol–water partition coefficient (Wildman–Crippen LogP) is 2.36. The normalized spacial score (nSPS) is 10.4. The van der Waals surface area contributed by atoms with Gasteiger partial charge in [-0.05, 0) is 44.0 Å². The van der Waals surface area contributed by atoms with Crippen LogP contribution in [0, 0.1) is 13.8 Å². The monoisotopic (exact) mass is 247 g/mol. The number of esters is 1. The number of anilines is 1. The van der Waals surface area contributed by atoms with Crippen LogP contribution in [0.25, 0.3) is 0 Å². The maximum Gasteiger partial charge on any atom is 0.330 e. The molecule has 0 spiro atoms. The Kier molecular flexibility index (Phi) is 5.11. The zero-order valence-electron chi connectivity index (χ0n) is 10.8. The molecule has 0 aliphatic carbocycles. The average Bonchev–Trinajstić information content (AvgIpc) is 2.25. The first-order valence-electron chi connectivity index (χ1n) is 5.69. The quantitative estimate of drug-likeness (QED) is 0.656. The van der Waals surface area contributed by atoms with Gasteiger partial charge in [-0.3, -0.25) is 4.79 Å². The van der Waals surface area contributed by atoms with Crippen molar-refractivity contribution in [1.82, 2.24) is 0 Å². The molecule has 0 radical (unpaired) electrons. The Morgan fingerprint density at radius 1 is 1.22 bits per heavy atom. The minimum absolute atomic E-state index is 0.282. The maximum atomic E-state index is 11.5. The molecule has 1 rings (SSSR count). The van der Waals surface area contributed by atoms with E-state index in [0.717, 1.165) is 11.1 Å². The van der Waals surface area contributed by atoms with Crippen molar-refractivity contribution in [3.05, 3.63) is 41.5 Å². The van der Waals surface area contributed by atoms with Crippen molar-refractivity contribution < 1.29 is 14.3 Å². The topological polar surface area (TPSA) is 55.4 Å². The highest BCUT2D eigenvalue weighted by Gasteiger charge is 2.05. The van der Waals surface area contributed by atoms with Crippen molar-refractivity contribution in [2.24, 2.45) is 0 Å². The van der Waals surface area contributed by atoms with Gasteiger partial charge in [-0.1, -0.05) is 12.1 Å². The summed E-state index contributed by atoms with van der Waals surface area (Å²) in [6.07, 6.45) is 2.83. The summed E-state index contributed by atoms with van der Waals surface area (Å²) in [5.74, 6) is -0.870. The van der Waals surface area contributed by atoms with Crippen LogP contribution in [0.5, 0.6) is 0 Å². The molecule has 1 N–H and O–H groups in total. The number of carbonyl (C=O) groups is 2. The van der Waals surface area contributed by atoms with Gasteiger partial charge in [0, 0.05) is 11.8 Å². The molecule has 0 fully saturated rings. The highest BCUT2D eigenvalue weighted by Crippen LogP contribution is 2.13. The Morgan fingerprint density at radius 2 is 1.83 bits per heavy atom. The molecule has 0 aliphatic rings. The van der Waals surface area contributed by atoms with E-state index in [4.69, 9.17) is 4.74 Å². The van der Waals surface area contributed by atoms with Crippen molar-refractivity contribution in [2.45, 2.75) is 20.8 Å². The van der Waals surface area contributed by atoms with Gasteiger partial charge in [0.05, 0.1) is 0 Å². The van der Waals surface area contributed by atoms with Gasteiger partial charge in [-0.2, -0.15) is 0 Å². The number of carbonyl (C=O) groups excluding carboxylic acids is 2. The van der Waals surface area contributed by atoms with Gasteiger partial charge >= 0.3 is 5.97 Å². The standard InChI is InChI=1S/C14H17NO3/c1-4-5-14(17)18-9-13(16)15-12-7-10(2)6-11(3)8-12/h4-8H,9H2,1-3H3,(H,15,16)/b5-4+. The Labute approximate surface area is 107 Å². The highest BCUT2D eigenvalue weighted by atomic mass is 16.5. The maximum absolute atomic E-state index is 11.5. The van der Waals surface area contributed by atoms with Crippen LogP contribution in [0.4, 0.5) is 5.69 Å². The molecule has 18 heavy (non-hydrogen) atoms. The van der Waals surface area contributed by atoms with Gasteiger partial charge in [-0.25, -0.2) is 4.79 Å². The minimum Gasteiger partial charge on any atom is -0.452 e. The van der Waals surface area contributed by atoms with Crippen molar-refractivity contribution in [2.75, 3.05) is 11.9 Å². The van der Waals surface area contributed by atoms with Gasteiger partial charge in [-0.15, -0.1) is 0 Å². The van der Waals surface area contributed by atoms with E-state index in [1.54, 1.807) is 13.0 Å². The van der Waals surface area contributed by atoms with E-state index in [2.05, 4.69) is 5.32 Å². The van der Waals surface area contributed by atoms with Crippen LogP contribution < -0.4 is 5.32 Å².